The highest BCUT2D eigenvalue weighted by atomic mass is 35.5. The predicted octanol–water partition coefficient (Wildman–Crippen LogP) is 6.30. The molecule has 6 rings (SSSR count). The molecule has 7 heteroatoms. The maximum absolute atomic E-state index is 12.9. The number of aromatic nitrogens is 1. The number of anilines is 1. The summed E-state index contributed by atoms with van der Waals surface area (Å²) in [5.41, 5.74) is 5.51. The molecule has 1 N–H and O–H groups in total. The second-order valence-electron chi connectivity index (χ2n) is 8.49. The number of carbonyl (C=O) groups is 1. The summed E-state index contributed by atoms with van der Waals surface area (Å²) in [6.45, 7) is 1.09. The smallest absolute Gasteiger partial charge is 0.255 e. The number of carbonyl (C=O) groups excluding carboxylic acids is 1. The second-order valence-corrected chi connectivity index (χ2v) is 8.93. The number of nitrogens with zero attached hydrogens (tertiary/aromatic N) is 1. The van der Waals surface area contributed by atoms with Gasteiger partial charge in [-0.2, -0.15) is 0 Å². The minimum atomic E-state index is -0.226. The van der Waals surface area contributed by atoms with Gasteiger partial charge in [-0.1, -0.05) is 29.8 Å². The maximum Gasteiger partial charge on any atom is 0.255 e. The topological polar surface area (TPSA) is 69.7 Å². The van der Waals surface area contributed by atoms with Crippen LogP contribution in [0.1, 0.15) is 5.56 Å². The number of rotatable bonds is 4. The van der Waals surface area contributed by atoms with E-state index in [4.69, 9.17) is 30.8 Å². The summed E-state index contributed by atoms with van der Waals surface area (Å²) in [4.78, 5) is 17.8. The molecular formula is C29H21ClN2O4. The maximum atomic E-state index is 12.9. The number of hydrogen-bond acceptors (Lipinski definition) is 5. The van der Waals surface area contributed by atoms with E-state index in [0.29, 0.717) is 41.7 Å². The van der Waals surface area contributed by atoms with Crippen molar-refractivity contribution in [1.82, 2.24) is 4.98 Å². The van der Waals surface area contributed by atoms with Crippen molar-refractivity contribution in [3.63, 3.8) is 0 Å². The van der Waals surface area contributed by atoms with E-state index >= 15 is 0 Å². The van der Waals surface area contributed by atoms with E-state index in [1.54, 1.807) is 12.1 Å². The van der Waals surface area contributed by atoms with Crippen molar-refractivity contribution in [3.05, 3.63) is 101 Å². The zero-order valence-electron chi connectivity index (χ0n) is 19.2. The van der Waals surface area contributed by atoms with Crippen molar-refractivity contribution >= 4 is 23.2 Å². The first-order valence-electron chi connectivity index (χ1n) is 11.6. The minimum Gasteiger partial charge on any atom is -0.486 e. The molecule has 0 saturated carbocycles. The Balaban J connectivity index is 1.21. The Bertz CT molecular complexity index is 1520. The third-order valence-electron chi connectivity index (χ3n) is 6.03. The number of benzene rings is 3. The summed E-state index contributed by atoms with van der Waals surface area (Å²) in [6, 6.07) is 24.7. The van der Waals surface area contributed by atoms with Crippen LogP contribution in [0.5, 0.6) is 17.2 Å². The quantitative estimate of drug-likeness (QED) is 0.359. The van der Waals surface area contributed by atoms with Crippen molar-refractivity contribution in [3.8, 4) is 39.8 Å². The monoisotopic (exact) mass is 496 g/mol. The summed E-state index contributed by atoms with van der Waals surface area (Å²) >= 11 is 6.10. The van der Waals surface area contributed by atoms with E-state index in [9.17, 15) is 4.79 Å². The molecule has 178 valence electrons. The SMILES string of the molecule is O=C(Nc1cccc(-c2cccc(-c3ccc4c(c3)OCCO4)n2)c1)C1=COc2ccc(Cl)cc2C1. The van der Waals surface area contributed by atoms with Crippen LogP contribution in [0.3, 0.4) is 0 Å². The highest BCUT2D eigenvalue weighted by Gasteiger charge is 2.19. The van der Waals surface area contributed by atoms with Crippen LogP contribution < -0.4 is 19.5 Å². The third kappa shape index (κ3) is 4.51. The van der Waals surface area contributed by atoms with Gasteiger partial charge in [0.05, 0.1) is 17.0 Å². The molecule has 2 aliphatic rings. The fourth-order valence-electron chi connectivity index (χ4n) is 4.24. The molecule has 1 amide bonds. The Morgan fingerprint density at radius 1 is 0.806 bits per heavy atom. The van der Waals surface area contributed by atoms with Crippen LogP contribution in [0.25, 0.3) is 22.5 Å². The molecule has 0 spiro atoms. The first-order chi connectivity index (χ1) is 17.6. The van der Waals surface area contributed by atoms with Gasteiger partial charge >= 0.3 is 0 Å². The molecule has 6 nitrogen and oxygen atoms in total. The van der Waals surface area contributed by atoms with Crippen LogP contribution in [0.15, 0.2) is 90.7 Å². The Morgan fingerprint density at radius 2 is 1.56 bits per heavy atom. The van der Waals surface area contributed by atoms with E-state index in [2.05, 4.69) is 5.32 Å². The van der Waals surface area contributed by atoms with Crippen molar-refractivity contribution in [2.45, 2.75) is 6.42 Å². The summed E-state index contributed by atoms with van der Waals surface area (Å²) in [5, 5.41) is 3.58. The van der Waals surface area contributed by atoms with Crippen LogP contribution >= 0.6 is 11.6 Å². The van der Waals surface area contributed by atoms with E-state index in [1.165, 1.54) is 6.26 Å². The number of fused-ring (bicyclic) bond motifs is 2. The van der Waals surface area contributed by atoms with Crippen molar-refractivity contribution in [2.75, 3.05) is 18.5 Å². The molecular weight excluding hydrogens is 476 g/mol. The average Bonchev–Trinajstić information content (AvgIpc) is 2.92. The van der Waals surface area contributed by atoms with Gasteiger partial charge < -0.3 is 19.5 Å². The first kappa shape index (κ1) is 22.2. The van der Waals surface area contributed by atoms with Gasteiger partial charge in [-0.05, 0) is 60.7 Å². The summed E-state index contributed by atoms with van der Waals surface area (Å²) in [7, 11) is 0. The van der Waals surface area contributed by atoms with Crippen LogP contribution in [0.4, 0.5) is 5.69 Å². The lowest BCUT2D eigenvalue weighted by molar-refractivity contribution is -0.113. The van der Waals surface area contributed by atoms with Gasteiger partial charge in [0.1, 0.15) is 25.2 Å². The van der Waals surface area contributed by atoms with E-state index < -0.39 is 0 Å². The lowest BCUT2D eigenvalue weighted by Crippen LogP contribution is -2.19. The molecule has 3 heterocycles. The van der Waals surface area contributed by atoms with Gasteiger partial charge in [0, 0.05) is 33.8 Å². The Hall–Kier alpha value is -4.29. The van der Waals surface area contributed by atoms with E-state index in [1.807, 2.05) is 66.7 Å². The van der Waals surface area contributed by atoms with Gasteiger partial charge in [-0.25, -0.2) is 4.98 Å². The molecule has 0 radical (unpaired) electrons. The lowest BCUT2D eigenvalue weighted by atomic mass is 10.0. The number of ether oxygens (including phenoxy) is 3. The molecule has 0 atom stereocenters. The van der Waals surface area contributed by atoms with E-state index in [-0.39, 0.29) is 5.91 Å². The lowest BCUT2D eigenvalue weighted by Gasteiger charge is -2.19. The van der Waals surface area contributed by atoms with Crippen molar-refractivity contribution in [1.29, 1.82) is 0 Å². The van der Waals surface area contributed by atoms with Gasteiger partial charge in [0.25, 0.3) is 5.91 Å². The number of amides is 1. The molecule has 36 heavy (non-hydrogen) atoms. The molecule has 2 aliphatic heterocycles. The zero-order valence-corrected chi connectivity index (χ0v) is 19.9. The molecule has 3 aromatic carbocycles. The molecule has 4 aromatic rings. The molecule has 1 aromatic heterocycles. The summed E-state index contributed by atoms with van der Waals surface area (Å²) < 4.78 is 17.0. The average molecular weight is 497 g/mol. The Labute approximate surface area is 213 Å². The predicted molar refractivity (Wildman–Crippen MR) is 139 cm³/mol. The van der Waals surface area contributed by atoms with Crippen LogP contribution in [-0.2, 0) is 11.2 Å². The zero-order chi connectivity index (χ0) is 24.5. The molecule has 0 fully saturated rings. The molecule has 0 aliphatic carbocycles. The molecule has 0 bridgehead atoms. The number of halogens is 1. The third-order valence-corrected chi connectivity index (χ3v) is 6.26. The highest BCUT2D eigenvalue weighted by molar-refractivity contribution is 6.30. The first-order valence-corrected chi connectivity index (χ1v) is 11.9. The van der Waals surface area contributed by atoms with Gasteiger partial charge in [-0.15, -0.1) is 0 Å². The fraction of sp³-hybridized carbons (Fsp3) is 0.103. The number of pyridine rings is 1. The molecule has 0 saturated heterocycles. The van der Waals surface area contributed by atoms with E-state index in [0.717, 1.165) is 39.6 Å². The van der Waals surface area contributed by atoms with Crippen LogP contribution in [0, 0.1) is 0 Å². The fourth-order valence-corrected chi connectivity index (χ4v) is 4.44. The van der Waals surface area contributed by atoms with Crippen LogP contribution in [-0.4, -0.2) is 24.1 Å². The summed E-state index contributed by atoms with van der Waals surface area (Å²) in [5.74, 6) is 1.95. The molecule has 0 unspecified atom stereocenters. The Morgan fingerprint density at radius 3 is 2.42 bits per heavy atom. The normalized spacial score (nSPS) is 13.8. The Kier molecular flexibility index (Phi) is 5.79. The number of hydrogen-bond donors (Lipinski definition) is 1. The van der Waals surface area contributed by atoms with Crippen molar-refractivity contribution < 1.29 is 19.0 Å². The second kappa shape index (κ2) is 9.40. The van der Waals surface area contributed by atoms with Gasteiger partial charge in [-0.3, -0.25) is 4.79 Å². The van der Waals surface area contributed by atoms with Gasteiger partial charge in [0.2, 0.25) is 0 Å². The highest BCUT2D eigenvalue weighted by Crippen LogP contribution is 2.35. The van der Waals surface area contributed by atoms with Gasteiger partial charge in [0.15, 0.2) is 11.5 Å². The number of nitrogens with one attached hydrogen (secondary N) is 1. The minimum absolute atomic E-state index is 0.226. The largest absolute Gasteiger partial charge is 0.486 e. The summed E-state index contributed by atoms with van der Waals surface area (Å²) in [6.07, 6.45) is 1.94. The van der Waals surface area contributed by atoms with Crippen LogP contribution in [0.2, 0.25) is 5.02 Å². The van der Waals surface area contributed by atoms with Crippen molar-refractivity contribution in [2.24, 2.45) is 0 Å². The standard InChI is InChI=1S/C29H21ClN2O4/c30-22-8-10-26-20(14-22)13-21(17-36-26)29(33)31-23-4-1-3-18(15-23)24-5-2-6-25(32-24)19-7-9-27-28(16-19)35-12-11-34-27/h1-10,14-17H,11-13H2,(H,31,33).